The van der Waals surface area contributed by atoms with Gasteiger partial charge in [0.25, 0.3) is 0 Å². The van der Waals surface area contributed by atoms with E-state index in [0.717, 1.165) is 25.7 Å². The number of carbonyl (C=O) groups is 2. The van der Waals surface area contributed by atoms with Gasteiger partial charge in [-0.2, -0.15) is 0 Å². The van der Waals surface area contributed by atoms with E-state index in [1.807, 2.05) is 0 Å². The van der Waals surface area contributed by atoms with Gasteiger partial charge in [-0.3, -0.25) is 9.59 Å². The highest BCUT2D eigenvalue weighted by Gasteiger charge is 1.95. The summed E-state index contributed by atoms with van der Waals surface area (Å²) in [6, 6.07) is 0. The zero-order valence-electron chi connectivity index (χ0n) is 25.7. The molecule has 0 aromatic carbocycles. The smallest absolute Gasteiger partial charge is 0.217 e. The molecule has 0 bridgehead atoms. The van der Waals surface area contributed by atoms with E-state index in [-0.39, 0.29) is 11.8 Å². The third kappa shape index (κ3) is 47.4. The maximum atomic E-state index is 10.5. The molecule has 0 aliphatic rings. The Balaban J connectivity index is -0.000000605. The zero-order chi connectivity index (χ0) is 29.0. The van der Waals surface area contributed by atoms with Crippen molar-refractivity contribution in [1.82, 2.24) is 0 Å². The van der Waals surface area contributed by atoms with Crippen molar-refractivity contribution in [3.8, 4) is 0 Å². The van der Waals surface area contributed by atoms with Crippen LogP contribution in [0.25, 0.3) is 0 Å². The van der Waals surface area contributed by atoms with Gasteiger partial charge in [0, 0.05) is 12.8 Å². The summed E-state index contributed by atoms with van der Waals surface area (Å²) in [6.45, 7) is 10.5. The van der Waals surface area contributed by atoms with Crippen molar-refractivity contribution in [1.29, 1.82) is 0 Å². The molecule has 0 aliphatic carbocycles. The minimum Gasteiger partial charge on any atom is -0.370 e. The Labute approximate surface area is 238 Å². The Morgan fingerprint density at radius 3 is 0.947 bits per heavy atom. The van der Waals surface area contributed by atoms with E-state index in [1.54, 1.807) is 0 Å². The topological polar surface area (TPSA) is 86.2 Å². The summed E-state index contributed by atoms with van der Waals surface area (Å²) in [5, 5.41) is 0. The lowest BCUT2D eigenvalue weighted by molar-refractivity contribution is -0.119. The van der Waals surface area contributed by atoms with Crippen LogP contribution in [0.4, 0.5) is 0 Å². The molecule has 0 rings (SSSR count). The highest BCUT2D eigenvalue weighted by molar-refractivity contribution is 5.73. The molecule has 0 aromatic heterocycles. The maximum Gasteiger partial charge on any atom is 0.217 e. The van der Waals surface area contributed by atoms with Crippen molar-refractivity contribution in [3.05, 3.63) is 37.5 Å². The Kier molecular flexibility index (Phi) is 42.4. The first-order valence-electron chi connectivity index (χ1n) is 15.9. The lowest BCUT2D eigenvalue weighted by Crippen LogP contribution is -2.09. The third-order valence-corrected chi connectivity index (χ3v) is 6.37. The predicted molar refractivity (Wildman–Crippen MR) is 170 cm³/mol. The fourth-order valence-corrected chi connectivity index (χ4v) is 4.03. The van der Waals surface area contributed by atoms with Crippen LogP contribution in [0, 0.1) is 0 Å². The van der Waals surface area contributed by atoms with Crippen LogP contribution in [0.2, 0.25) is 0 Å². The molecule has 0 spiro atoms. The van der Waals surface area contributed by atoms with E-state index in [0.29, 0.717) is 12.8 Å². The van der Waals surface area contributed by atoms with Gasteiger partial charge >= 0.3 is 0 Å². The number of amides is 2. The van der Waals surface area contributed by atoms with Crippen LogP contribution in [-0.2, 0) is 9.59 Å². The minimum atomic E-state index is -0.166. The average molecular weight is 535 g/mol. The molecule has 0 aromatic rings. The van der Waals surface area contributed by atoms with Gasteiger partial charge < -0.3 is 11.5 Å². The molecule has 4 N–H and O–H groups in total. The first kappa shape index (κ1) is 40.7. The number of nitrogens with two attached hydrogens (primary N) is 2. The summed E-state index contributed by atoms with van der Waals surface area (Å²) < 4.78 is 0. The lowest BCUT2D eigenvalue weighted by Gasteiger charge is -1.98. The molecule has 4 nitrogen and oxygen atoms in total. The number of hydrogen-bond acceptors (Lipinski definition) is 2. The molecule has 2 amide bonds. The molecular formula is C34H66N2O2. The first-order valence-corrected chi connectivity index (χ1v) is 15.9. The van der Waals surface area contributed by atoms with E-state index in [4.69, 9.17) is 11.5 Å². The van der Waals surface area contributed by atoms with Crippen molar-refractivity contribution < 1.29 is 9.59 Å². The summed E-state index contributed by atoms with van der Waals surface area (Å²) in [5.41, 5.74) is 10.2. The Hall–Kier alpha value is -1.84. The zero-order valence-corrected chi connectivity index (χ0v) is 25.7. The van der Waals surface area contributed by atoms with Crippen molar-refractivity contribution in [2.75, 3.05) is 0 Å². The second-order valence-electron chi connectivity index (χ2n) is 10.2. The molecule has 0 aliphatic heterocycles. The molecule has 0 unspecified atom stereocenters. The van der Waals surface area contributed by atoms with Crippen molar-refractivity contribution in [3.63, 3.8) is 0 Å². The molecule has 0 atom stereocenters. The number of unbranched alkanes of at least 4 members (excludes halogenated alkanes) is 18. The van der Waals surface area contributed by atoms with Gasteiger partial charge in [0.15, 0.2) is 0 Å². The third-order valence-electron chi connectivity index (χ3n) is 6.37. The molecule has 4 heteroatoms. The highest BCUT2D eigenvalue weighted by atomic mass is 16.1. The van der Waals surface area contributed by atoms with E-state index < -0.39 is 0 Å². The maximum absolute atomic E-state index is 10.5. The van der Waals surface area contributed by atoms with Crippen LogP contribution in [-0.4, -0.2) is 11.8 Å². The second-order valence-corrected chi connectivity index (χ2v) is 10.2. The van der Waals surface area contributed by atoms with Gasteiger partial charge in [-0.15, -0.1) is 13.2 Å². The quantitative estimate of drug-likeness (QED) is 0.0854. The number of rotatable bonds is 26. The normalized spacial score (nSPS) is 10.7. The Morgan fingerprint density at radius 2 is 0.684 bits per heavy atom. The molecule has 0 saturated carbocycles. The van der Waals surface area contributed by atoms with Crippen LogP contribution in [0.3, 0.4) is 0 Å². The fourth-order valence-electron chi connectivity index (χ4n) is 4.03. The van der Waals surface area contributed by atoms with Gasteiger partial charge in [-0.25, -0.2) is 0 Å². The highest BCUT2D eigenvalue weighted by Crippen LogP contribution is 2.10. The van der Waals surface area contributed by atoms with Gasteiger partial charge in [-0.05, 0) is 64.2 Å². The monoisotopic (exact) mass is 535 g/mol. The summed E-state index contributed by atoms with van der Waals surface area (Å²) in [7, 11) is 0. The van der Waals surface area contributed by atoms with Crippen LogP contribution < -0.4 is 11.5 Å². The van der Waals surface area contributed by atoms with Crippen LogP contribution in [0.5, 0.6) is 0 Å². The molecule has 0 heterocycles. The van der Waals surface area contributed by atoms with Crippen LogP contribution >= 0.6 is 0 Å². The molecule has 38 heavy (non-hydrogen) atoms. The van der Waals surface area contributed by atoms with Crippen LogP contribution in [0.15, 0.2) is 37.5 Å². The molecule has 0 fully saturated rings. The number of allylic oxidation sites excluding steroid dienone is 4. The molecule has 0 saturated heterocycles. The van der Waals surface area contributed by atoms with Crippen molar-refractivity contribution in [2.45, 2.75) is 168 Å². The lowest BCUT2D eigenvalue weighted by atomic mass is 10.1. The standard InChI is InChI=1S/2C16H31NO.C2H4/c2*1-2-3-4-5-6-7-8-9-10-11-12-13-14-15-16(17)18;1-2/h2*7-8H,2-6,9-15H2,1H3,(H2,17,18);1-2H2/b2*8-7-;. The minimum absolute atomic E-state index is 0.166. The largest absolute Gasteiger partial charge is 0.370 e. The fraction of sp³-hybridized carbons (Fsp3) is 0.765. The summed E-state index contributed by atoms with van der Waals surface area (Å²) in [5.74, 6) is -0.331. The molecular weight excluding hydrogens is 468 g/mol. The van der Waals surface area contributed by atoms with Crippen molar-refractivity contribution >= 4 is 11.8 Å². The van der Waals surface area contributed by atoms with Gasteiger partial charge in [0.2, 0.25) is 11.8 Å². The average Bonchev–Trinajstić information content (AvgIpc) is 2.90. The SMILES string of the molecule is C=C.CCCCCC/C=C\CCCCCCCC(N)=O.CCCCCC/C=C\CCCCCCCC(N)=O. The van der Waals surface area contributed by atoms with E-state index in [1.165, 1.54) is 116 Å². The van der Waals surface area contributed by atoms with E-state index in [2.05, 4.69) is 51.3 Å². The molecule has 0 radical (unpaired) electrons. The summed E-state index contributed by atoms with van der Waals surface area (Å²) in [4.78, 5) is 21.0. The van der Waals surface area contributed by atoms with Crippen molar-refractivity contribution in [2.24, 2.45) is 11.5 Å². The van der Waals surface area contributed by atoms with Gasteiger partial charge in [-0.1, -0.05) is 115 Å². The number of hydrogen-bond donors (Lipinski definition) is 2. The second kappa shape index (κ2) is 39.7. The summed E-state index contributed by atoms with van der Waals surface area (Å²) in [6.07, 6.45) is 38.0. The van der Waals surface area contributed by atoms with Crippen LogP contribution in [0.1, 0.15) is 168 Å². The molecule has 224 valence electrons. The number of carbonyl (C=O) groups excluding carboxylic acids is 2. The first-order chi connectivity index (χ1) is 18.5. The Bertz CT molecular complexity index is 483. The Morgan fingerprint density at radius 1 is 0.447 bits per heavy atom. The number of primary amides is 2. The predicted octanol–water partition coefficient (Wildman–Crippen LogP) is 10.3. The van der Waals surface area contributed by atoms with Gasteiger partial charge in [0.1, 0.15) is 0 Å². The van der Waals surface area contributed by atoms with E-state index in [9.17, 15) is 9.59 Å². The van der Waals surface area contributed by atoms with Gasteiger partial charge in [0.05, 0.1) is 0 Å². The summed E-state index contributed by atoms with van der Waals surface area (Å²) >= 11 is 0. The van der Waals surface area contributed by atoms with E-state index >= 15 is 0 Å².